The second-order valence-electron chi connectivity index (χ2n) is 8.20. The molecule has 0 radical (unpaired) electrons. The van der Waals surface area contributed by atoms with E-state index in [2.05, 4.69) is 45.6 Å². The number of morpholine rings is 1. The fraction of sp³-hybridized carbons (Fsp3) is 0.609. The van der Waals surface area contributed by atoms with Crippen molar-refractivity contribution in [1.82, 2.24) is 30.3 Å². The monoisotopic (exact) mass is 443 g/mol. The van der Waals surface area contributed by atoms with E-state index in [1.165, 1.54) is 0 Å². The second-order valence-corrected chi connectivity index (χ2v) is 8.20. The number of aryl methyl sites for hydroxylation is 2. The lowest BCUT2D eigenvalue weighted by molar-refractivity contribution is 0.0376. The molecular formula is C23H37N7O2. The average molecular weight is 444 g/mol. The topological polar surface area (TPSA) is 88.8 Å². The van der Waals surface area contributed by atoms with Crippen LogP contribution in [-0.4, -0.2) is 77.7 Å². The molecule has 0 aliphatic carbocycles. The third-order valence-electron chi connectivity index (χ3n) is 5.59. The Morgan fingerprint density at radius 3 is 2.69 bits per heavy atom. The average Bonchev–Trinajstić information content (AvgIpc) is 3.12. The maximum atomic E-state index is 6.10. The van der Waals surface area contributed by atoms with E-state index in [4.69, 9.17) is 14.5 Å². The van der Waals surface area contributed by atoms with Crippen LogP contribution in [0.1, 0.15) is 30.6 Å². The van der Waals surface area contributed by atoms with Crippen molar-refractivity contribution >= 4 is 5.96 Å². The van der Waals surface area contributed by atoms with Gasteiger partial charge in [-0.2, -0.15) is 0 Å². The van der Waals surface area contributed by atoms with Gasteiger partial charge >= 0.3 is 0 Å². The van der Waals surface area contributed by atoms with Crippen molar-refractivity contribution in [2.75, 3.05) is 45.9 Å². The number of aliphatic imine (C=N–C) groups is 1. The van der Waals surface area contributed by atoms with Crippen molar-refractivity contribution in [3.05, 3.63) is 41.5 Å². The van der Waals surface area contributed by atoms with Gasteiger partial charge in [0, 0.05) is 26.7 Å². The summed E-state index contributed by atoms with van der Waals surface area (Å²) in [6, 6.07) is 8.07. The lowest BCUT2D eigenvalue weighted by atomic mass is 10.2. The van der Waals surface area contributed by atoms with Crippen LogP contribution in [-0.2, 0) is 18.3 Å². The zero-order valence-corrected chi connectivity index (χ0v) is 19.8. The molecule has 1 aromatic carbocycles. The maximum absolute atomic E-state index is 6.10. The van der Waals surface area contributed by atoms with E-state index < -0.39 is 0 Å². The first-order chi connectivity index (χ1) is 15.5. The molecule has 1 unspecified atom stereocenters. The highest BCUT2D eigenvalue weighted by molar-refractivity contribution is 5.79. The molecule has 1 saturated heterocycles. The molecule has 1 aromatic heterocycles. The van der Waals surface area contributed by atoms with E-state index in [9.17, 15) is 0 Å². The van der Waals surface area contributed by atoms with Crippen LogP contribution in [0.5, 0.6) is 5.75 Å². The van der Waals surface area contributed by atoms with Gasteiger partial charge in [-0.3, -0.25) is 4.90 Å². The zero-order chi connectivity index (χ0) is 22.8. The van der Waals surface area contributed by atoms with Crippen molar-refractivity contribution in [2.45, 2.75) is 39.8 Å². The number of para-hydroxylation sites is 1. The first kappa shape index (κ1) is 24.0. The molecule has 0 saturated carbocycles. The third-order valence-corrected chi connectivity index (χ3v) is 5.59. The minimum atomic E-state index is -0.00600. The SMILES string of the molecule is Cc1ccccc1OC(C)CNC(=NCc1nnc(C)n1C)NCCCN1CCOCC1. The Bertz CT molecular complexity index is 862. The molecule has 32 heavy (non-hydrogen) atoms. The summed E-state index contributed by atoms with van der Waals surface area (Å²) in [5.74, 6) is 3.38. The quantitative estimate of drug-likeness (QED) is 0.328. The molecule has 0 bridgehead atoms. The van der Waals surface area contributed by atoms with E-state index in [0.29, 0.717) is 13.1 Å². The smallest absolute Gasteiger partial charge is 0.191 e. The van der Waals surface area contributed by atoms with Crippen molar-refractivity contribution in [3.8, 4) is 5.75 Å². The van der Waals surface area contributed by atoms with E-state index >= 15 is 0 Å². The Hall–Kier alpha value is -2.65. The van der Waals surface area contributed by atoms with Gasteiger partial charge in [0.2, 0.25) is 0 Å². The summed E-state index contributed by atoms with van der Waals surface area (Å²) in [7, 11) is 1.96. The summed E-state index contributed by atoms with van der Waals surface area (Å²) < 4.78 is 13.5. The summed E-state index contributed by atoms with van der Waals surface area (Å²) in [5, 5.41) is 15.2. The maximum Gasteiger partial charge on any atom is 0.191 e. The normalized spacial score (nSPS) is 16.1. The Kier molecular flexibility index (Phi) is 9.30. The van der Waals surface area contributed by atoms with Crippen LogP contribution in [0.25, 0.3) is 0 Å². The van der Waals surface area contributed by atoms with Crippen LogP contribution in [0.15, 0.2) is 29.3 Å². The molecule has 176 valence electrons. The van der Waals surface area contributed by atoms with Gasteiger partial charge in [-0.1, -0.05) is 18.2 Å². The van der Waals surface area contributed by atoms with Crippen LogP contribution in [0.2, 0.25) is 0 Å². The summed E-state index contributed by atoms with van der Waals surface area (Å²) >= 11 is 0. The highest BCUT2D eigenvalue weighted by atomic mass is 16.5. The predicted molar refractivity (Wildman–Crippen MR) is 126 cm³/mol. The molecule has 1 aliphatic heterocycles. The minimum Gasteiger partial charge on any atom is -0.489 e. The Labute approximate surface area is 191 Å². The van der Waals surface area contributed by atoms with Gasteiger partial charge in [0.15, 0.2) is 11.8 Å². The summed E-state index contributed by atoms with van der Waals surface area (Å²) in [6.45, 7) is 12.7. The Morgan fingerprint density at radius 1 is 1.19 bits per heavy atom. The number of guanidine groups is 1. The second kappa shape index (κ2) is 12.4. The molecule has 9 heteroatoms. The van der Waals surface area contributed by atoms with Gasteiger partial charge < -0.3 is 24.7 Å². The third kappa shape index (κ3) is 7.49. The Morgan fingerprint density at radius 2 is 1.97 bits per heavy atom. The van der Waals surface area contributed by atoms with Crippen LogP contribution in [0, 0.1) is 13.8 Å². The lowest BCUT2D eigenvalue weighted by Gasteiger charge is -2.26. The molecule has 2 aromatic rings. The van der Waals surface area contributed by atoms with Crippen molar-refractivity contribution in [1.29, 1.82) is 0 Å². The molecule has 2 heterocycles. The fourth-order valence-corrected chi connectivity index (χ4v) is 3.43. The molecule has 2 N–H and O–H groups in total. The summed E-state index contributed by atoms with van der Waals surface area (Å²) in [4.78, 5) is 7.17. The standard InChI is InChI=1S/C23H37N7O2/c1-18-8-5-6-9-21(18)32-19(2)16-25-23(26-17-22-28-27-20(3)29(22)4)24-10-7-11-30-12-14-31-15-13-30/h5-6,8-9,19H,7,10-17H2,1-4H3,(H2,24,25,26). The van der Waals surface area contributed by atoms with Crippen LogP contribution >= 0.6 is 0 Å². The van der Waals surface area contributed by atoms with Gasteiger partial charge in [0.1, 0.15) is 24.2 Å². The molecular weight excluding hydrogens is 406 g/mol. The lowest BCUT2D eigenvalue weighted by Crippen LogP contribution is -2.43. The highest BCUT2D eigenvalue weighted by Gasteiger charge is 2.11. The molecule has 0 amide bonds. The number of nitrogens with one attached hydrogen (secondary N) is 2. The number of rotatable bonds is 10. The van der Waals surface area contributed by atoms with E-state index in [1.54, 1.807) is 0 Å². The van der Waals surface area contributed by atoms with Gasteiger partial charge in [-0.05, 0) is 45.4 Å². The van der Waals surface area contributed by atoms with Crippen molar-refractivity contribution < 1.29 is 9.47 Å². The van der Waals surface area contributed by atoms with Crippen molar-refractivity contribution in [3.63, 3.8) is 0 Å². The van der Waals surface area contributed by atoms with Crippen LogP contribution < -0.4 is 15.4 Å². The number of benzene rings is 1. The molecule has 3 rings (SSSR count). The summed E-state index contributed by atoms with van der Waals surface area (Å²) in [5.41, 5.74) is 1.13. The highest BCUT2D eigenvalue weighted by Crippen LogP contribution is 2.17. The summed E-state index contributed by atoms with van der Waals surface area (Å²) in [6.07, 6.45) is 1.03. The van der Waals surface area contributed by atoms with Gasteiger partial charge in [-0.25, -0.2) is 4.99 Å². The Balaban J connectivity index is 1.52. The van der Waals surface area contributed by atoms with Crippen LogP contribution in [0.3, 0.4) is 0 Å². The number of hydrogen-bond donors (Lipinski definition) is 2. The first-order valence-corrected chi connectivity index (χ1v) is 11.4. The van der Waals surface area contributed by atoms with Crippen LogP contribution in [0.4, 0.5) is 0 Å². The minimum absolute atomic E-state index is 0.00600. The number of ether oxygens (including phenoxy) is 2. The fourth-order valence-electron chi connectivity index (χ4n) is 3.43. The number of aromatic nitrogens is 3. The molecule has 0 spiro atoms. The largest absolute Gasteiger partial charge is 0.489 e. The molecule has 9 nitrogen and oxygen atoms in total. The molecule has 1 atom stereocenters. The van der Waals surface area contributed by atoms with E-state index in [1.807, 2.05) is 36.7 Å². The molecule has 1 aliphatic rings. The number of nitrogens with zero attached hydrogens (tertiary/aromatic N) is 5. The van der Waals surface area contributed by atoms with Gasteiger partial charge in [0.25, 0.3) is 0 Å². The molecule has 1 fully saturated rings. The first-order valence-electron chi connectivity index (χ1n) is 11.4. The zero-order valence-electron chi connectivity index (χ0n) is 19.8. The predicted octanol–water partition coefficient (Wildman–Crippen LogP) is 1.66. The van der Waals surface area contributed by atoms with Gasteiger partial charge in [-0.15, -0.1) is 10.2 Å². The van der Waals surface area contributed by atoms with E-state index in [-0.39, 0.29) is 6.10 Å². The number of hydrogen-bond acceptors (Lipinski definition) is 6. The van der Waals surface area contributed by atoms with E-state index in [0.717, 1.165) is 74.7 Å². The van der Waals surface area contributed by atoms with Gasteiger partial charge in [0.05, 0.1) is 19.8 Å². The van der Waals surface area contributed by atoms with Crippen molar-refractivity contribution in [2.24, 2.45) is 12.0 Å².